The maximum atomic E-state index is 8.93. The Morgan fingerprint density at radius 2 is 2.38 bits per heavy atom. The highest BCUT2D eigenvalue weighted by molar-refractivity contribution is 5.02. The van der Waals surface area contributed by atoms with E-state index in [1.165, 1.54) is 0 Å². The van der Waals surface area contributed by atoms with Crippen molar-refractivity contribution in [3.63, 3.8) is 0 Å². The molecule has 0 aromatic carbocycles. The molecule has 0 spiro atoms. The fourth-order valence-electron chi connectivity index (χ4n) is 1.74. The highest BCUT2D eigenvalue weighted by atomic mass is 16.5. The van der Waals surface area contributed by atoms with Crippen molar-refractivity contribution in [1.82, 2.24) is 4.90 Å². The van der Waals surface area contributed by atoms with Gasteiger partial charge in [-0.1, -0.05) is 0 Å². The zero-order valence-corrected chi connectivity index (χ0v) is 8.71. The van der Waals surface area contributed by atoms with Crippen molar-refractivity contribution in [2.24, 2.45) is 5.41 Å². The summed E-state index contributed by atoms with van der Waals surface area (Å²) in [6.45, 7) is 6.94. The number of ether oxygens (including phenoxy) is 1. The number of methoxy groups -OCH3 is 1. The van der Waals surface area contributed by atoms with Gasteiger partial charge in [-0.25, -0.2) is 0 Å². The second-order valence-corrected chi connectivity index (χ2v) is 4.20. The lowest BCUT2D eigenvalue weighted by Gasteiger charge is -2.20. The van der Waals surface area contributed by atoms with Crippen LogP contribution in [0.5, 0.6) is 0 Å². The minimum absolute atomic E-state index is 0.131. The molecule has 2 atom stereocenters. The number of nitrogens with zero attached hydrogens (tertiary/aromatic N) is 2. The topological polar surface area (TPSA) is 36.3 Å². The third-order valence-electron chi connectivity index (χ3n) is 2.74. The molecular weight excluding hydrogens is 164 g/mol. The third kappa shape index (κ3) is 2.68. The van der Waals surface area contributed by atoms with Crippen LogP contribution in [0.15, 0.2) is 0 Å². The van der Waals surface area contributed by atoms with Gasteiger partial charge < -0.3 is 4.74 Å². The largest absolute Gasteiger partial charge is 0.380 e. The average Bonchev–Trinajstić information content (AvgIpc) is 2.48. The fourth-order valence-corrected chi connectivity index (χ4v) is 1.74. The molecule has 1 fully saturated rings. The molecule has 1 saturated heterocycles. The van der Waals surface area contributed by atoms with Crippen molar-refractivity contribution in [2.75, 3.05) is 26.7 Å². The molecule has 1 aliphatic heterocycles. The van der Waals surface area contributed by atoms with E-state index in [0.29, 0.717) is 0 Å². The van der Waals surface area contributed by atoms with Gasteiger partial charge in [0.2, 0.25) is 0 Å². The summed E-state index contributed by atoms with van der Waals surface area (Å²) in [4.78, 5) is 2.30. The predicted molar refractivity (Wildman–Crippen MR) is 51.2 cm³/mol. The van der Waals surface area contributed by atoms with E-state index in [1.807, 2.05) is 6.92 Å². The molecule has 13 heavy (non-hydrogen) atoms. The van der Waals surface area contributed by atoms with Crippen LogP contribution in [-0.2, 0) is 4.74 Å². The van der Waals surface area contributed by atoms with Gasteiger partial charge in [-0.15, -0.1) is 0 Å². The molecule has 2 unspecified atom stereocenters. The van der Waals surface area contributed by atoms with E-state index >= 15 is 0 Å². The monoisotopic (exact) mass is 182 g/mol. The van der Waals surface area contributed by atoms with Gasteiger partial charge in [0, 0.05) is 20.2 Å². The van der Waals surface area contributed by atoms with Crippen LogP contribution in [0.4, 0.5) is 0 Å². The number of likely N-dealkylation sites (tertiary alicyclic amines) is 1. The Morgan fingerprint density at radius 3 is 2.85 bits per heavy atom. The summed E-state index contributed by atoms with van der Waals surface area (Å²) in [6.07, 6.45) is 1.25. The Balaban J connectivity index is 2.38. The first-order valence-corrected chi connectivity index (χ1v) is 4.76. The van der Waals surface area contributed by atoms with Crippen LogP contribution in [0.25, 0.3) is 0 Å². The lowest BCUT2D eigenvalue weighted by atomic mass is 9.92. The maximum absolute atomic E-state index is 8.93. The molecule has 1 aliphatic rings. The summed E-state index contributed by atoms with van der Waals surface area (Å²) in [5.41, 5.74) is -0.131. The van der Waals surface area contributed by atoms with Crippen molar-refractivity contribution in [1.29, 1.82) is 5.26 Å². The minimum Gasteiger partial charge on any atom is -0.380 e. The van der Waals surface area contributed by atoms with E-state index in [9.17, 15) is 0 Å². The van der Waals surface area contributed by atoms with E-state index in [-0.39, 0.29) is 11.5 Å². The first-order valence-electron chi connectivity index (χ1n) is 4.76. The first-order chi connectivity index (χ1) is 6.09. The Labute approximate surface area is 80.3 Å². The summed E-state index contributed by atoms with van der Waals surface area (Å²) >= 11 is 0. The smallest absolute Gasteiger partial charge is 0.0700 e. The molecule has 0 saturated carbocycles. The quantitative estimate of drug-likeness (QED) is 0.659. The van der Waals surface area contributed by atoms with Crippen molar-refractivity contribution in [3.05, 3.63) is 0 Å². The number of hydrogen-bond acceptors (Lipinski definition) is 3. The molecule has 0 aromatic rings. The number of nitriles is 1. The van der Waals surface area contributed by atoms with Gasteiger partial charge in [0.1, 0.15) is 0 Å². The number of rotatable bonds is 3. The first kappa shape index (κ1) is 10.5. The van der Waals surface area contributed by atoms with E-state index in [0.717, 1.165) is 26.1 Å². The van der Waals surface area contributed by atoms with Crippen LogP contribution in [0.2, 0.25) is 0 Å². The van der Waals surface area contributed by atoms with Crippen LogP contribution in [0.1, 0.15) is 20.3 Å². The van der Waals surface area contributed by atoms with Crippen LogP contribution >= 0.6 is 0 Å². The third-order valence-corrected chi connectivity index (χ3v) is 2.74. The summed E-state index contributed by atoms with van der Waals surface area (Å²) < 4.78 is 5.19. The van der Waals surface area contributed by atoms with Gasteiger partial charge in [0.25, 0.3) is 0 Å². The minimum atomic E-state index is -0.131. The lowest BCUT2D eigenvalue weighted by molar-refractivity contribution is 0.0831. The molecular formula is C10H18N2O. The Morgan fingerprint density at radius 1 is 1.69 bits per heavy atom. The standard InChI is InChI=1S/C10H18N2O/c1-9(13-3)6-12-5-4-10(2,7-11)8-12/h9H,4-6,8H2,1-3H3. The lowest BCUT2D eigenvalue weighted by Crippen LogP contribution is -2.31. The molecule has 74 valence electrons. The van der Waals surface area contributed by atoms with Crippen LogP contribution in [-0.4, -0.2) is 37.7 Å². The van der Waals surface area contributed by atoms with E-state index in [1.54, 1.807) is 7.11 Å². The average molecular weight is 182 g/mol. The molecule has 1 rings (SSSR count). The van der Waals surface area contributed by atoms with Gasteiger partial charge in [-0.05, 0) is 26.8 Å². The SMILES string of the molecule is COC(C)CN1CCC(C)(C#N)C1. The Hall–Kier alpha value is -0.590. The molecule has 0 aromatic heterocycles. The number of hydrogen-bond donors (Lipinski definition) is 0. The predicted octanol–water partition coefficient (Wildman–Crippen LogP) is 1.26. The van der Waals surface area contributed by atoms with Gasteiger partial charge in [-0.2, -0.15) is 5.26 Å². The van der Waals surface area contributed by atoms with Gasteiger partial charge in [0.05, 0.1) is 17.6 Å². The van der Waals surface area contributed by atoms with E-state index in [2.05, 4.69) is 17.9 Å². The maximum Gasteiger partial charge on any atom is 0.0700 e. The van der Waals surface area contributed by atoms with Crippen LogP contribution < -0.4 is 0 Å². The summed E-state index contributed by atoms with van der Waals surface area (Å²) in [5.74, 6) is 0. The summed E-state index contributed by atoms with van der Waals surface area (Å²) in [6, 6.07) is 2.38. The molecule has 3 heteroatoms. The normalized spacial score (nSPS) is 31.5. The van der Waals surface area contributed by atoms with Crippen molar-refractivity contribution < 1.29 is 4.74 Å². The summed E-state index contributed by atoms with van der Waals surface area (Å²) in [5, 5.41) is 8.93. The van der Waals surface area contributed by atoms with Crippen molar-refractivity contribution >= 4 is 0 Å². The second kappa shape index (κ2) is 4.08. The highest BCUT2D eigenvalue weighted by Crippen LogP contribution is 2.28. The molecule has 0 bridgehead atoms. The zero-order valence-electron chi connectivity index (χ0n) is 8.71. The summed E-state index contributed by atoms with van der Waals surface area (Å²) in [7, 11) is 1.73. The van der Waals surface area contributed by atoms with Crippen molar-refractivity contribution in [2.45, 2.75) is 26.4 Å². The van der Waals surface area contributed by atoms with Gasteiger partial charge in [-0.3, -0.25) is 4.90 Å². The van der Waals surface area contributed by atoms with Crippen LogP contribution in [0.3, 0.4) is 0 Å². The molecule has 1 heterocycles. The molecule has 0 N–H and O–H groups in total. The molecule has 0 aliphatic carbocycles. The highest BCUT2D eigenvalue weighted by Gasteiger charge is 2.33. The van der Waals surface area contributed by atoms with Gasteiger partial charge in [0.15, 0.2) is 0 Å². The molecule has 0 amide bonds. The molecule has 3 nitrogen and oxygen atoms in total. The second-order valence-electron chi connectivity index (χ2n) is 4.20. The fraction of sp³-hybridized carbons (Fsp3) is 0.900. The van der Waals surface area contributed by atoms with E-state index in [4.69, 9.17) is 10.00 Å². The zero-order chi connectivity index (χ0) is 9.90. The Kier molecular flexibility index (Phi) is 3.29. The Bertz CT molecular complexity index is 211. The van der Waals surface area contributed by atoms with Gasteiger partial charge >= 0.3 is 0 Å². The van der Waals surface area contributed by atoms with Crippen LogP contribution in [0, 0.1) is 16.7 Å². The van der Waals surface area contributed by atoms with Crippen molar-refractivity contribution in [3.8, 4) is 6.07 Å². The van der Waals surface area contributed by atoms with E-state index < -0.39 is 0 Å². The molecule has 0 radical (unpaired) electrons.